The van der Waals surface area contributed by atoms with Crippen LogP contribution in [0.5, 0.6) is 5.88 Å². The summed E-state index contributed by atoms with van der Waals surface area (Å²) in [6, 6.07) is 13.5. The third kappa shape index (κ3) is 3.76. The maximum atomic E-state index is 13.2. The van der Waals surface area contributed by atoms with Crippen molar-refractivity contribution in [3.63, 3.8) is 0 Å². The molecule has 1 aliphatic rings. The van der Waals surface area contributed by atoms with E-state index in [4.69, 9.17) is 9.26 Å². The molecule has 0 spiro atoms. The van der Waals surface area contributed by atoms with Crippen molar-refractivity contribution >= 4 is 5.91 Å². The molecule has 3 heterocycles. The Balaban J connectivity index is 1.43. The van der Waals surface area contributed by atoms with E-state index in [9.17, 15) is 4.79 Å². The van der Waals surface area contributed by atoms with E-state index >= 15 is 0 Å². The minimum atomic E-state index is -0.0375. The highest BCUT2D eigenvalue weighted by atomic mass is 16.5. The van der Waals surface area contributed by atoms with Crippen molar-refractivity contribution in [1.82, 2.24) is 15.0 Å². The molecule has 0 saturated carbocycles. The highest BCUT2D eigenvalue weighted by Crippen LogP contribution is 2.27. The fraction of sp³-hybridized carbons (Fsp3) is 0.318. The number of ether oxygens (including phenoxy) is 1. The third-order valence-electron chi connectivity index (χ3n) is 5.02. The van der Waals surface area contributed by atoms with Crippen LogP contribution in [-0.4, -0.2) is 40.1 Å². The number of hydrogen-bond acceptors (Lipinski definition) is 5. The number of carbonyl (C=O) groups is 1. The summed E-state index contributed by atoms with van der Waals surface area (Å²) in [7, 11) is 0. The van der Waals surface area contributed by atoms with Crippen LogP contribution in [0.1, 0.15) is 34.5 Å². The smallest absolute Gasteiger partial charge is 0.259 e. The topological polar surface area (TPSA) is 68.5 Å². The zero-order valence-corrected chi connectivity index (χ0v) is 16.1. The van der Waals surface area contributed by atoms with E-state index in [-0.39, 0.29) is 12.0 Å². The molecular formula is C22H23N3O3. The Morgan fingerprint density at radius 2 is 1.86 bits per heavy atom. The first-order chi connectivity index (χ1) is 13.6. The Labute approximate surface area is 164 Å². The summed E-state index contributed by atoms with van der Waals surface area (Å²) in [5.74, 6) is 1.15. The molecule has 0 unspecified atom stereocenters. The van der Waals surface area contributed by atoms with Crippen molar-refractivity contribution in [1.29, 1.82) is 0 Å². The summed E-state index contributed by atoms with van der Waals surface area (Å²) in [4.78, 5) is 19.3. The minimum absolute atomic E-state index is 0.0375. The lowest BCUT2D eigenvalue weighted by Crippen LogP contribution is -2.42. The van der Waals surface area contributed by atoms with Crippen LogP contribution in [0.2, 0.25) is 0 Å². The lowest BCUT2D eigenvalue weighted by atomic mass is 10.0. The zero-order chi connectivity index (χ0) is 19.5. The Morgan fingerprint density at radius 3 is 2.54 bits per heavy atom. The van der Waals surface area contributed by atoms with Gasteiger partial charge in [-0.2, -0.15) is 0 Å². The average molecular weight is 377 g/mol. The standard InChI is InChI=1S/C22H23N3O3/c1-15-8-9-19(23-14-15)27-18-10-12-25(13-11-18)22(26)20-16(2)28-24-21(20)17-6-4-3-5-7-17/h3-9,14,18H,10-13H2,1-2H3. The number of aryl methyl sites for hydroxylation is 2. The Morgan fingerprint density at radius 1 is 1.11 bits per heavy atom. The monoisotopic (exact) mass is 377 g/mol. The van der Waals surface area contributed by atoms with Crippen LogP contribution in [-0.2, 0) is 0 Å². The number of pyridine rings is 1. The van der Waals surface area contributed by atoms with Gasteiger partial charge in [0.2, 0.25) is 5.88 Å². The molecular weight excluding hydrogens is 354 g/mol. The summed E-state index contributed by atoms with van der Waals surface area (Å²) in [6.45, 7) is 5.05. The van der Waals surface area contributed by atoms with E-state index < -0.39 is 0 Å². The van der Waals surface area contributed by atoms with E-state index in [1.165, 1.54) is 0 Å². The SMILES string of the molecule is Cc1ccc(OC2CCN(C(=O)c3c(-c4ccccc4)noc3C)CC2)nc1. The highest BCUT2D eigenvalue weighted by Gasteiger charge is 2.29. The van der Waals surface area contributed by atoms with Gasteiger partial charge in [0.25, 0.3) is 5.91 Å². The number of rotatable bonds is 4. The van der Waals surface area contributed by atoms with Crippen molar-refractivity contribution < 1.29 is 14.1 Å². The van der Waals surface area contributed by atoms with E-state index in [1.807, 2.05) is 54.3 Å². The number of hydrogen-bond donors (Lipinski definition) is 0. The van der Waals surface area contributed by atoms with Crippen molar-refractivity contribution in [3.8, 4) is 17.1 Å². The number of amides is 1. The van der Waals surface area contributed by atoms with Crippen LogP contribution in [0, 0.1) is 13.8 Å². The molecule has 144 valence electrons. The quantitative estimate of drug-likeness (QED) is 0.686. The summed E-state index contributed by atoms with van der Waals surface area (Å²) < 4.78 is 11.3. The summed E-state index contributed by atoms with van der Waals surface area (Å²) in [5, 5.41) is 4.12. The molecule has 1 saturated heterocycles. The molecule has 0 bridgehead atoms. The van der Waals surface area contributed by atoms with Crippen LogP contribution < -0.4 is 4.74 Å². The van der Waals surface area contributed by atoms with Crippen LogP contribution in [0.25, 0.3) is 11.3 Å². The maximum absolute atomic E-state index is 13.2. The van der Waals surface area contributed by atoms with Gasteiger partial charge in [-0.15, -0.1) is 0 Å². The maximum Gasteiger partial charge on any atom is 0.259 e. The van der Waals surface area contributed by atoms with Gasteiger partial charge in [-0.1, -0.05) is 41.6 Å². The molecule has 4 rings (SSSR count). The molecule has 2 aromatic heterocycles. The molecule has 1 fully saturated rings. The van der Waals surface area contributed by atoms with Gasteiger partial charge in [-0.05, 0) is 19.4 Å². The Hall–Kier alpha value is -3.15. The Bertz CT molecular complexity index is 943. The molecule has 1 aliphatic heterocycles. The minimum Gasteiger partial charge on any atom is -0.474 e. The largest absolute Gasteiger partial charge is 0.474 e. The van der Waals surface area contributed by atoms with Gasteiger partial charge in [0.1, 0.15) is 23.1 Å². The first-order valence-corrected chi connectivity index (χ1v) is 9.52. The molecule has 0 aliphatic carbocycles. The summed E-state index contributed by atoms with van der Waals surface area (Å²) in [6.07, 6.45) is 3.41. The molecule has 1 amide bonds. The lowest BCUT2D eigenvalue weighted by molar-refractivity contribution is 0.0587. The van der Waals surface area contributed by atoms with Gasteiger partial charge in [0.15, 0.2) is 0 Å². The van der Waals surface area contributed by atoms with E-state index in [2.05, 4.69) is 10.1 Å². The van der Waals surface area contributed by atoms with Gasteiger partial charge in [0, 0.05) is 43.8 Å². The molecule has 28 heavy (non-hydrogen) atoms. The molecule has 6 heteroatoms. The van der Waals surface area contributed by atoms with Gasteiger partial charge in [-0.3, -0.25) is 4.79 Å². The van der Waals surface area contributed by atoms with Gasteiger partial charge < -0.3 is 14.2 Å². The molecule has 1 aromatic carbocycles. The normalized spacial score (nSPS) is 14.9. The summed E-state index contributed by atoms with van der Waals surface area (Å²) >= 11 is 0. The molecule has 0 N–H and O–H groups in total. The number of piperidine rings is 1. The van der Waals surface area contributed by atoms with Crippen LogP contribution in [0.15, 0.2) is 53.2 Å². The second-order valence-electron chi connectivity index (χ2n) is 7.11. The van der Waals surface area contributed by atoms with Crippen LogP contribution in [0.4, 0.5) is 0 Å². The number of nitrogens with zero attached hydrogens (tertiary/aromatic N) is 3. The van der Waals surface area contributed by atoms with Gasteiger partial charge in [0.05, 0.1) is 0 Å². The van der Waals surface area contributed by atoms with Gasteiger partial charge in [-0.25, -0.2) is 4.98 Å². The van der Waals surface area contributed by atoms with Gasteiger partial charge >= 0.3 is 0 Å². The van der Waals surface area contributed by atoms with Crippen molar-refractivity contribution in [2.24, 2.45) is 0 Å². The van der Waals surface area contributed by atoms with Crippen LogP contribution >= 0.6 is 0 Å². The third-order valence-corrected chi connectivity index (χ3v) is 5.02. The molecule has 0 atom stereocenters. The molecule has 6 nitrogen and oxygen atoms in total. The van der Waals surface area contributed by atoms with E-state index in [0.29, 0.717) is 36.0 Å². The second-order valence-corrected chi connectivity index (χ2v) is 7.11. The fourth-order valence-electron chi connectivity index (χ4n) is 3.45. The van der Waals surface area contributed by atoms with Crippen molar-refractivity contribution in [2.75, 3.05) is 13.1 Å². The first-order valence-electron chi connectivity index (χ1n) is 9.52. The highest BCUT2D eigenvalue weighted by molar-refractivity contribution is 6.00. The number of likely N-dealkylation sites (tertiary alicyclic amines) is 1. The van der Waals surface area contributed by atoms with Crippen molar-refractivity contribution in [2.45, 2.75) is 32.8 Å². The predicted octanol–water partition coefficient (Wildman–Crippen LogP) is 4.04. The first kappa shape index (κ1) is 18.2. The van der Waals surface area contributed by atoms with Crippen LogP contribution in [0.3, 0.4) is 0 Å². The number of benzene rings is 1. The van der Waals surface area contributed by atoms with E-state index in [0.717, 1.165) is 24.0 Å². The Kier molecular flexibility index (Phi) is 5.10. The molecule has 3 aromatic rings. The second kappa shape index (κ2) is 7.84. The average Bonchev–Trinajstić information content (AvgIpc) is 3.12. The van der Waals surface area contributed by atoms with E-state index in [1.54, 1.807) is 13.1 Å². The lowest BCUT2D eigenvalue weighted by Gasteiger charge is -2.32. The number of aromatic nitrogens is 2. The summed E-state index contributed by atoms with van der Waals surface area (Å²) in [5.41, 5.74) is 3.13. The predicted molar refractivity (Wildman–Crippen MR) is 105 cm³/mol. The zero-order valence-electron chi connectivity index (χ0n) is 16.1. The molecule has 0 radical (unpaired) electrons. The fourth-order valence-corrected chi connectivity index (χ4v) is 3.45. The number of carbonyl (C=O) groups excluding carboxylic acids is 1. The van der Waals surface area contributed by atoms with Crippen molar-refractivity contribution in [3.05, 3.63) is 65.5 Å².